The van der Waals surface area contributed by atoms with Gasteiger partial charge in [0.05, 0.1) is 17.5 Å². The average molecular weight is 375 g/mol. The molecule has 2 saturated heterocycles. The lowest BCUT2D eigenvalue weighted by Crippen LogP contribution is -2.50. The maximum Gasteiger partial charge on any atom is 0.407 e. The van der Waals surface area contributed by atoms with E-state index in [0.29, 0.717) is 0 Å². The molecule has 0 spiro atoms. The summed E-state index contributed by atoms with van der Waals surface area (Å²) < 4.78 is 29.0. The van der Waals surface area contributed by atoms with Crippen LogP contribution in [0.1, 0.15) is 40.0 Å². The first-order chi connectivity index (χ1) is 11.6. The third-order valence-corrected chi connectivity index (χ3v) is 6.02. The summed E-state index contributed by atoms with van der Waals surface area (Å²) in [6.45, 7) is 7.20. The quantitative estimate of drug-likeness (QED) is 0.715. The molecule has 0 bridgehead atoms. The molecule has 0 saturated carbocycles. The van der Waals surface area contributed by atoms with Crippen LogP contribution in [-0.4, -0.2) is 74.1 Å². The second kappa shape index (κ2) is 7.90. The topological polar surface area (TPSA) is 105 Å². The minimum absolute atomic E-state index is 0.0145. The van der Waals surface area contributed by atoms with Gasteiger partial charge in [0, 0.05) is 19.0 Å². The second-order valence-corrected chi connectivity index (χ2v) is 9.89. The van der Waals surface area contributed by atoms with E-state index < -0.39 is 21.5 Å². The highest BCUT2D eigenvalue weighted by atomic mass is 32.2. The molecule has 25 heavy (non-hydrogen) atoms. The second-order valence-electron chi connectivity index (χ2n) is 7.74. The average Bonchev–Trinajstić information content (AvgIpc) is 3.04. The Hall–Kier alpha value is -1.35. The van der Waals surface area contributed by atoms with Crippen LogP contribution in [0.3, 0.4) is 0 Å². The predicted octanol–water partition coefficient (Wildman–Crippen LogP) is 0.279. The number of nitrogens with one attached hydrogen (secondary N) is 2. The number of alkyl carbamates (subject to hydrolysis) is 1. The number of likely N-dealkylation sites (tertiary alicyclic amines) is 1. The van der Waals surface area contributed by atoms with E-state index in [0.717, 1.165) is 25.9 Å². The van der Waals surface area contributed by atoms with E-state index in [1.54, 1.807) is 20.8 Å². The summed E-state index contributed by atoms with van der Waals surface area (Å²) in [5.74, 6) is -0.171. The van der Waals surface area contributed by atoms with Crippen LogP contribution >= 0.6 is 0 Å². The largest absolute Gasteiger partial charge is 0.444 e. The standard InChI is InChI=1S/C16H29N3O5S/c1-16(2,3)24-15(21)17-7-6-14(20)18-12-10-25(22,23)11-13(12)19-8-4-5-9-19/h12-13H,4-11H2,1-3H3,(H,17,21)(H,18,20). The van der Waals surface area contributed by atoms with Gasteiger partial charge >= 0.3 is 6.09 Å². The number of rotatable bonds is 5. The highest BCUT2D eigenvalue weighted by Crippen LogP contribution is 2.22. The van der Waals surface area contributed by atoms with Crippen molar-refractivity contribution in [2.75, 3.05) is 31.1 Å². The van der Waals surface area contributed by atoms with Crippen molar-refractivity contribution in [3.63, 3.8) is 0 Å². The summed E-state index contributed by atoms with van der Waals surface area (Å²) in [6, 6.07) is -0.521. The zero-order valence-corrected chi connectivity index (χ0v) is 16.0. The highest BCUT2D eigenvalue weighted by Gasteiger charge is 2.42. The fraction of sp³-hybridized carbons (Fsp3) is 0.875. The van der Waals surface area contributed by atoms with Crippen molar-refractivity contribution in [3.8, 4) is 0 Å². The fourth-order valence-electron chi connectivity index (χ4n) is 3.27. The molecule has 0 radical (unpaired) electrons. The molecule has 2 rings (SSSR count). The van der Waals surface area contributed by atoms with Gasteiger partial charge in [0.15, 0.2) is 9.84 Å². The van der Waals surface area contributed by atoms with Gasteiger partial charge in [0.2, 0.25) is 5.91 Å². The molecule has 0 aromatic heterocycles. The number of hydrogen-bond acceptors (Lipinski definition) is 6. The number of hydrogen-bond donors (Lipinski definition) is 2. The molecule has 2 unspecified atom stereocenters. The third-order valence-electron chi connectivity index (χ3n) is 4.30. The van der Waals surface area contributed by atoms with Gasteiger partial charge in [0.1, 0.15) is 5.60 Å². The lowest BCUT2D eigenvalue weighted by atomic mass is 10.1. The summed E-state index contributed by atoms with van der Waals surface area (Å²) in [5.41, 5.74) is -0.590. The molecular weight excluding hydrogens is 346 g/mol. The van der Waals surface area contributed by atoms with Gasteiger partial charge in [-0.2, -0.15) is 0 Å². The van der Waals surface area contributed by atoms with Crippen molar-refractivity contribution < 1.29 is 22.7 Å². The van der Waals surface area contributed by atoms with E-state index in [9.17, 15) is 18.0 Å². The van der Waals surface area contributed by atoms with Crippen LogP contribution in [0.15, 0.2) is 0 Å². The van der Waals surface area contributed by atoms with Crippen LogP contribution in [0, 0.1) is 0 Å². The number of ether oxygens (including phenoxy) is 1. The predicted molar refractivity (Wildman–Crippen MR) is 94.0 cm³/mol. The minimum atomic E-state index is -3.13. The van der Waals surface area contributed by atoms with Gasteiger partial charge in [-0.3, -0.25) is 9.69 Å². The molecular formula is C16H29N3O5S. The summed E-state index contributed by atoms with van der Waals surface area (Å²) in [6.07, 6.45) is 1.65. The van der Waals surface area contributed by atoms with E-state index in [4.69, 9.17) is 4.74 Å². The van der Waals surface area contributed by atoms with E-state index in [2.05, 4.69) is 15.5 Å². The lowest BCUT2D eigenvalue weighted by molar-refractivity contribution is -0.121. The number of amides is 2. The van der Waals surface area contributed by atoms with E-state index in [1.165, 1.54) is 0 Å². The molecule has 9 heteroatoms. The van der Waals surface area contributed by atoms with Crippen molar-refractivity contribution in [2.45, 2.75) is 57.7 Å². The fourth-order valence-corrected chi connectivity index (χ4v) is 5.22. The Morgan fingerprint density at radius 1 is 1.16 bits per heavy atom. The van der Waals surface area contributed by atoms with Crippen LogP contribution < -0.4 is 10.6 Å². The molecule has 0 aromatic carbocycles. The van der Waals surface area contributed by atoms with E-state index in [-0.39, 0.29) is 42.5 Å². The molecule has 2 aliphatic heterocycles. The van der Waals surface area contributed by atoms with Gasteiger partial charge in [-0.15, -0.1) is 0 Å². The number of nitrogens with zero attached hydrogens (tertiary/aromatic N) is 1. The Morgan fingerprint density at radius 2 is 1.80 bits per heavy atom. The molecule has 2 amide bonds. The number of carbonyl (C=O) groups is 2. The monoisotopic (exact) mass is 375 g/mol. The van der Waals surface area contributed by atoms with Crippen molar-refractivity contribution in [1.29, 1.82) is 0 Å². The zero-order valence-electron chi connectivity index (χ0n) is 15.2. The van der Waals surface area contributed by atoms with Crippen molar-refractivity contribution in [1.82, 2.24) is 15.5 Å². The molecule has 2 heterocycles. The van der Waals surface area contributed by atoms with Crippen LogP contribution in [0.2, 0.25) is 0 Å². The van der Waals surface area contributed by atoms with Gasteiger partial charge in [-0.05, 0) is 46.7 Å². The summed E-state index contributed by atoms with van der Waals surface area (Å²) >= 11 is 0. The molecule has 2 N–H and O–H groups in total. The van der Waals surface area contributed by atoms with Gasteiger partial charge in [-0.1, -0.05) is 0 Å². The summed E-state index contributed by atoms with van der Waals surface area (Å²) in [5, 5.41) is 5.36. The van der Waals surface area contributed by atoms with Crippen molar-refractivity contribution in [2.24, 2.45) is 0 Å². The smallest absolute Gasteiger partial charge is 0.407 e. The van der Waals surface area contributed by atoms with Crippen LogP contribution in [0.5, 0.6) is 0 Å². The third kappa shape index (κ3) is 6.47. The molecule has 2 fully saturated rings. The first kappa shape index (κ1) is 20.0. The van der Waals surface area contributed by atoms with Gasteiger partial charge in [0.25, 0.3) is 0 Å². The maximum absolute atomic E-state index is 12.1. The molecule has 2 atom stereocenters. The summed E-state index contributed by atoms with van der Waals surface area (Å²) in [7, 11) is -3.13. The van der Waals surface area contributed by atoms with Crippen LogP contribution in [-0.2, 0) is 19.4 Å². The molecule has 2 aliphatic rings. The van der Waals surface area contributed by atoms with E-state index in [1.807, 2.05) is 0 Å². The molecule has 144 valence electrons. The minimum Gasteiger partial charge on any atom is -0.444 e. The summed E-state index contributed by atoms with van der Waals surface area (Å²) in [4.78, 5) is 25.8. The Kier molecular flexibility index (Phi) is 6.31. The zero-order chi connectivity index (χ0) is 18.7. The first-order valence-electron chi connectivity index (χ1n) is 8.76. The Labute approximate surface area is 149 Å². The van der Waals surface area contributed by atoms with E-state index >= 15 is 0 Å². The molecule has 0 aliphatic carbocycles. The highest BCUT2D eigenvalue weighted by molar-refractivity contribution is 7.91. The van der Waals surface area contributed by atoms with Gasteiger partial charge < -0.3 is 15.4 Å². The van der Waals surface area contributed by atoms with Gasteiger partial charge in [-0.25, -0.2) is 13.2 Å². The maximum atomic E-state index is 12.1. The molecule has 8 nitrogen and oxygen atoms in total. The lowest BCUT2D eigenvalue weighted by Gasteiger charge is -2.28. The van der Waals surface area contributed by atoms with Crippen molar-refractivity contribution >= 4 is 21.8 Å². The molecule has 0 aromatic rings. The normalized spacial score (nSPS) is 26.4. The van der Waals surface area contributed by atoms with Crippen LogP contribution in [0.25, 0.3) is 0 Å². The Morgan fingerprint density at radius 3 is 2.40 bits per heavy atom. The van der Waals surface area contributed by atoms with Crippen molar-refractivity contribution in [3.05, 3.63) is 0 Å². The Bertz CT molecular complexity index is 593. The first-order valence-corrected chi connectivity index (χ1v) is 10.6. The number of sulfone groups is 1. The van der Waals surface area contributed by atoms with Crippen LogP contribution in [0.4, 0.5) is 4.79 Å². The SMILES string of the molecule is CC(C)(C)OC(=O)NCCC(=O)NC1CS(=O)(=O)CC1N1CCCC1. The Balaban J connectivity index is 1.79. The number of carbonyl (C=O) groups excluding carboxylic acids is 2.